The van der Waals surface area contributed by atoms with Gasteiger partial charge in [0.15, 0.2) is 0 Å². The molecular formula is C18H23F4N3O2. The van der Waals surface area contributed by atoms with E-state index in [0.29, 0.717) is 50.2 Å². The third kappa shape index (κ3) is 5.10. The van der Waals surface area contributed by atoms with E-state index < -0.39 is 29.3 Å². The molecular weight excluding hydrogens is 366 g/mol. The van der Waals surface area contributed by atoms with Crippen molar-refractivity contribution in [2.45, 2.75) is 31.5 Å². The molecule has 0 aromatic heterocycles. The van der Waals surface area contributed by atoms with Gasteiger partial charge in [-0.05, 0) is 43.4 Å². The molecule has 2 aliphatic rings. The molecule has 0 bridgehead atoms. The molecule has 1 atom stereocenters. The number of piperazine rings is 1. The predicted octanol–water partition coefficient (Wildman–Crippen LogP) is 3.16. The highest BCUT2D eigenvalue weighted by molar-refractivity contribution is 5.89. The molecule has 0 radical (unpaired) electrons. The highest BCUT2D eigenvalue weighted by Crippen LogP contribution is 2.33. The zero-order chi connectivity index (χ0) is 19.6. The number of urea groups is 1. The molecule has 2 N–H and O–H groups in total. The van der Waals surface area contributed by atoms with Crippen molar-refractivity contribution in [2.24, 2.45) is 5.92 Å². The van der Waals surface area contributed by atoms with Crippen molar-refractivity contribution in [3.05, 3.63) is 29.6 Å². The highest BCUT2D eigenvalue weighted by atomic mass is 19.4. The second-order valence-corrected chi connectivity index (χ2v) is 7.17. The molecule has 2 amide bonds. The first kappa shape index (κ1) is 19.9. The maximum absolute atomic E-state index is 13.9. The van der Waals surface area contributed by atoms with Gasteiger partial charge in [-0.2, -0.15) is 13.2 Å². The van der Waals surface area contributed by atoms with Crippen molar-refractivity contribution in [3.63, 3.8) is 0 Å². The number of aliphatic hydroxyl groups is 1. The van der Waals surface area contributed by atoms with Gasteiger partial charge in [0, 0.05) is 38.8 Å². The van der Waals surface area contributed by atoms with Gasteiger partial charge >= 0.3 is 12.2 Å². The van der Waals surface area contributed by atoms with E-state index in [9.17, 15) is 27.5 Å². The number of benzene rings is 1. The average Bonchev–Trinajstić information content (AvgIpc) is 3.41. The van der Waals surface area contributed by atoms with Crippen molar-refractivity contribution in [1.29, 1.82) is 0 Å². The standard InChI is InChI=1S/C18H23F4N3O2/c19-15-4-3-13(18(20,21)22)9-16(15)23-17(27)25-7-6-24(10-12-1-2-12)14(11-25)5-8-26/h3-4,9,12,14,26H,1-2,5-8,10-11H2,(H,23,27)/t14-/m1/s1. The van der Waals surface area contributed by atoms with Crippen LogP contribution < -0.4 is 5.32 Å². The molecule has 1 saturated carbocycles. The molecule has 1 saturated heterocycles. The zero-order valence-electron chi connectivity index (χ0n) is 14.8. The molecule has 5 nitrogen and oxygen atoms in total. The molecule has 1 aliphatic carbocycles. The maximum atomic E-state index is 13.9. The van der Waals surface area contributed by atoms with Crippen LogP contribution in [-0.2, 0) is 6.18 Å². The number of amides is 2. The predicted molar refractivity (Wildman–Crippen MR) is 91.8 cm³/mol. The van der Waals surface area contributed by atoms with Gasteiger partial charge in [-0.15, -0.1) is 0 Å². The first-order valence-electron chi connectivity index (χ1n) is 9.05. The summed E-state index contributed by atoms with van der Waals surface area (Å²) in [6, 6.07) is 1.28. The minimum absolute atomic E-state index is 0.0104. The minimum atomic E-state index is -4.62. The van der Waals surface area contributed by atoms with Crippen molar-refractivity contribution >= 4 is 11.7 Å². The van der Waals surface area contributed by atoms with Crippen molar-refractivity contribution in [3.8, 4) is 0 Å². The molecule has 1 aliphatic heterocycles. The molecule has 27 heavy (non-hydrogen) atoms. The molecule has 2 fully saturated rings. The lowest BCUT2D eigenvalue weighted by molar-refractivity contribution is -0.137. The van der Waals surface area contributed by atoms with Crippen LogP contribution in [0.2, 0.25) is 0 Å². The number of carbonyl (C=O) groups is 1. The Morgan fingerprint density at radius 3 is 2.63 bits per heavy atom. The first-order valence-corrected chi connectivity index (χ1v) is 9.05. The van der Waals surface area contributed by atoms with Crippen molar-refractivity contribution in [2.75, 3.05) is 38.1 Å². The number of nitrogens with zero attached hydrogens (tertiary/aromatic N) is 2. The third-order valence-corrected chi connectivity index (χ3v) is 5.08. The van der Waals surface area contributed by atoms with Gasteiger partial charge < -0.3 is 15.3 Å². The van der Waals surface area contributed by atoms with E-state index in [1.165, 1.54) is 17.7 Å². The number of nitrogens with one attached hydrogen (secondary N) is 1. The summed E-state index contributed by atoms with van der Waals surface area (Å²) in [5, 5.41) is 11.5. The topological polar surface area (TPSA) is 55.8 Å². The molecule has 150 valence electrons. The largest absolute Gasteiger partial charge is 0.416 e. The molecule has 1 aromatic rings. The maximum Gasteiger partial charge on any atom is 0.416 e. The Labute approximate surface area is 154 Å². The number of anilines is 1. The van der Waals surface area contributed by atoms with E-state index in [-0.39, 0.29) is 12.6 Å². The van der Waals surface area contributed by atoms with Gasteiger partial charge in [-0.25, -0.2) is 9.18 Å². The second-order valence-electron chi connectivity index (χ2n) is 7.17. The SMILES string of the molecule is O=C(Nc1cc(C(F)(F)F)ccc1F)N1CCN(CC2CC2)[C@H](CCO)C1. The number of aliphatic hydroxyl groups excluding tert-OH is 1. The van der Waals surface area contributed by atoms with Gasteiger partial charge in [0.05, 0.1) is 11.3 Å². The summed E-state index contributed by atoms with van der Waals surface area (Å²) in [6.07, 6.45) is -1.72. The second kappa shape index (κ2) is 8.02. The van der Waals surface area contributed by atoms with Gasteiger partial charge in [-0.3, -0.25) is 4.90 Å². The summed E-state index contributed by atoms with van der Waals surface area (Å²) >= 11 is 0. The third-order valence-electron chi connectivity index (χ3n) is 5.08. The Kier molecular flexibility index (Phi) is 5.90. The van der Waals surface area contributed by atoms with Crippen LogP contribution in [-0.4, -0.2) is 59.8 Å². The van der Waals surface area contributed by atoms with Crippen molar-refractivity contribution in [1.82, 2.24) is 9.80 Å². The number of hydrogen-bond acceptors (Lipinski definition) is 3. The van der Waals surface area contributed by atoms with E-state index in [2.05, 4.69) is 10.2 Å². The van der Waals surface area contributed by atoms with Crippen LogP contribution >= 0.6 is 0 Å². The Morgan fingerprint density at radius 1 is 1.26 bits per heavy atom. The van der Waals surface area contributed by atoms with E-state index in [1.54, 1.807) is 0 Å². The Morgan fingerprint density at radius 2 is 2.00 bits per heavy atom. The fourth-order valence-corrected chi connectivity index (χ4v) is 3.36. The first-order chi connectivity index (χ1) is 12.8. The Balaban J connectivity index is 1.65. The fraction of sp³-hybridized carbons (Fsp3) is 0.611. The lowest BCUT2D eigenvalue weighted by Gasteiger charge is -2.41. The number of hydrogen-bond donors (Lipinski definition) is 2. The van der Waals surface area contributed by atoms with Gasteiger partial charge in [0.25, 0.3) is 0 Å². The average molecular weight is 389 g/mol. The summed E-state index contributed by atoms with van der Waals surface area (Å²) in [6.45, 7) is 2.30. The molecule has 3 rings (SSSR count). The summed E-state index contributed by atoms with van der Waals surface area (Å²) < 4.78 is 52.3. The van der Waals surface area contributed by atoms with Gasteiger partial charge in [0.2, 0.25) is 0 Å². The monoisotopic (exact) mass is 389 g/mol. The number of alkyl halides is 3. The van der Waals surface area contributed by atoms with Crippen LogP contribution in [0.1, 0.15) is 24.8 Å². The van der Waals surface area contributed by atoms with E-state index in [4.69, 9.17) is 0 Å². The molecule has 0 unspecified atom stereocenters. The van der Waals surface area contributed by atoms with Crippen LogP contribution in [0.15, 0.2) is 18.2 Å². The quantitative estimate of drug-likeness (QED) is 0.761. The lowest BCUT2D eigenvalue weighted by atomic mass is 10.1. The van der Waals surface area contributed by atoms with Crippen molar-refractivity contribution < 1.29 is 27.5 Å². The van der Waals surface area contributed by atoms with E-state index in [0.717, 1.165) is 6.54 Å². The van der Waals surface area contributed by atoms with Crippen LogP contribution in [0.25, 0.3) is 0 Å². The van der Waals surface area contributed by atoms with Gasteiger partial charge in [-0.1, -0.05) is 0 Å². The molecule has 1 aromatic carbocycles. The summed E-state index contributed by atoms with van der Waals surface area (Å²) in [4.78, 5) is 16.2. The molecule has 9 heteroatoms. The van der Waals surface area contributed by atoms with Crippen LogP contribution in [0.4, 0.5) is 28.0 Å². The number of carbonyl (C=O) groups excluding carboxylic acids is 1. The molecule has 0 spiro atoms. The highest BCUT2D eigenvalue weighted by Gasteiger charge is 2.34. The smallest absolute Gasteiger partial charge is 0.396 e. The van der Waals surface area contributed by atoms with E-state index in [1.807, 2.05) is 0 Å². The Hall–Kier alpha value is -1.87. The van der Waals surface area contributed by atoms with E-state index >= 15 is 0 Å². The summed E-state index contributed by atoms with van der Waals surface area (Å²) in [5.41, 5.74) is -1.51. The normalized spacial score (nSPS) is 21.4. The minimum Gasteiger partial charge on any atom is -0.396 e. The van der Waals surface area contributed by atoms with Gasteiger partial charge in [0.1, 0.15) is 5.82 Å². The van der Waals surface area contributed by atoms with Crippen LogP contribution in [0.5, 0.6) is 0 Å². The lowest BCUT2D eigenvalue weighted by Crippen LogP contribution is -2.56. The molecule has 1 heterocycles. The fourth-order valence-electron chi connectivity index (χ4n) is 3.36. The van der Waals surface area contributed by atoms with Crippen LogP contribution in [0, 0.1) is 11.7 Å². The Bertz CT molecular complexity index is 679. The summed E-state index contributed by atoms with van der Waals surface area (Å²) in [7, 11) is 0. The van der Waals surface area contributed by atoms with Crippen LogP contribution in [0.3, 0.4) is 0 Å². The number of halogens is 4. The zero-order valence-corrected chi connectivity index (χ0v) is 14.8. The summed E-state index contributed by atoms with van der Waals surface area (Å²) in [5.74, 6) is -0.249. The number of rotatable bonds is 5.